The van der Waals surface area contributed by atoms with Crippen LogP contribution in [-0.4, -0.2) is 33.2 Å². The Balaban J connectivity index is 2.17. The molecule has 0 saturated carbocycles. The Morgan fingerprint density at radius 1 is 1.19 bits per heavy atom. The standard InChI is InChI=1S/C19H27N5O3/c1-4-6-12-15-22-24(19(27)23(15)5-2)13-16(25)21-17(18(26)20-3)14-10-8-7-9-11-14/h7-11,17H,4-6,12-13H2,1-3H3,(H,20,26)(H,21,25)/t17-/m1/s1. The summed E-state index contributed by atoms with van der Waals surface area (Å²) in [6.45, 7) is 4.22. The van der Waals surface area contributed by atoms with Crippen molar-refractivity contribution in [3.8, 4) is 0 Å². The first-order valence-electron chi connectivity index (χ1n) is 9.24. The lowest BCUT2D eigenvalue weighted by Crippen LogP contribution is -2.41. The summed E-state index contributed by atoms with van der Waals surface area (Å²) < 4.78 is 2.74. The number of carbonyl (C=O) groups is 2. The molecule has 0 fully saturated rings. The predicted molar refractivity (Wildman–Crippen MR) is 102 cm³/mol. The second kappa shape index (κ2) is 9.70. The summed E-state index contributed by atoms with van der Waals surface area (Å²) in [5.74, 6) is -0.0926. The molecule has 2 rings (SSSR count). The summed E-state index contributed by atoms with van der Waals surface area (Å²) in [5.41, 5.74) is 0.357. The molecule has 2 aromatic rings. The van der Waals surface area contributed by atoms with Crippen LogP contribution in [0.5, 0.6) is 0 Å². The number of carbonyl (C=O) groups excluding carboxylic acids is 2. The molecular formula is C19H27N5O3. The second-order valence-electron chi connectivity index (χ2n) is 6.23. The summed E-state index contributed by atoms with van der Waals surface area (Å²) in [5, 5.41) is 9.55. The highest BCUT2D eigenvalue weighted by Gasteiger charge is 2.22. The third-order valence-electron chi connectivity index (χ3n) is 4.31. The lowest BCUT2D eigenvalue weighted by molar-refractivity contribution is -0.129. The molecule has 1 aromatic carbocycles. The highest BCUT2D eigenvalue weighted by molar-refractivity contribution is 5.88. The van der Waals surface area contributed by atoms with E-state index in [0.717, 1.165) is 17.5 Å². The molecule has 0 radical (unpaired) electrons. The number of aromatic nitrogens is 3. The lowest BCUT2D eigenvalue weighted by atomic mass is 10.1. The maximum absolute atomic E-state index is 12.5. The average molecular weight is 373 g/mol. The third-order valence-corrected chi connectivity index (χ3v) is 4.31. The van der Waals surface area contributed by atoms with Crippen LogP contribution in [0.2, 0.25) is 0 Å². The molecule has 0 aliphatic carbocycles. The van der Waals surface area contributed by atoms with E-state index in [-0.39, 0.29) is 18.1 Å². The van der Waals surface area contributed by atoms with Gasteiger partial charge in [0.1, 0.15) is 18.4 Å². The normalized spacial score (nSPS) is 11.8. The monoisotopic (exact) mass is 373 g/mol. The van der Waals surface area contributed by atoms with Gasteiger partial charge in [-0.1, -0.05) is 43.7 Å². The van der Waals surface area contributed by atoms with Crippen LogP contribution >= 0.6 is 0 Å². The molecule has 1 aromatic heterocycles. The molecule has 0 aliphatic heterocycles. The molecule has 1 heterocycles. The van der Waals surface area contributed by atoms with E-state index in [9.17, 15) is 14.4 Å². The van der Waals surface area contributed by atoms with Crippen LogP contribution < -0.4 is 16.3 Å². The topological polar surface area (TPSA) is 98.0 Å². The van der Waals surface area contributed by atoms with Crippen LogP contribution in [0.4, 0.5) is 0 Å². The van der Waals surface area contributed by atoms with Gasteiger partial charge in [0.2, 0.25) is 11.8 Å². The van der Waals surface area contributed by atoms with E-state index in [4.69, 9.17) is 0 Å². The maximum Gasteiger partial charge on any atom is 0.346 e. The van der Waals surface area contributed by atoms with Crippen molar-refractivity contribution >= 4 is 11.8 Å². The Bertz CT molecular complexity index is 826. The predicted octanol–water partition coefficient (Wildman–Crippen LogP) is 1.01. The summed E-state index contributed by atoms with van der Waals surface area (Å²) in [7, 11) is 1.51. The number of rotatable bonds is 9. The van der Waals surface area contributed by atoms with E-state index in [1.54, 1.807) is 28.8 Å². The fraction of sp³-hybridized carbons (Fsp3) is 0.474. The number of nitrogens with one attached hydrogen (secondary N) is 2. The smallest absolute Gasteiger partial charge is 0.346 e. The Morgan fingerprint density at radius 2 is 1.89 bits per heavy atom. The van der Waals surface area contributed by atoms with Gasteiger partial charge in [-0.25, -0.2) is 9.48 Å². The summed E-state index contributed by atoms with van der Waals surface area (Å²) >= 11 is 0. The minimum Gasteiger partial charge on any atom is -0.357 e. The zero-order valence-corrected chi connectivity index (χ0v) is 16.1. The van der Waals surface area contributed by atoms with Crippen molar-refractivity contribution in [2.75, 3.05) is 7.05 Å². The summed E-state index contributed by atoms with van der Waals surface area (Å²) in [6, 6.07) is 8.13. The second-order valence-corrected chi connectivity index (χ2v) is 6.23. The molecule has 0 bridgehead atoms. The van der Waals surface area contributed by atoms with Gasteiger partial charge in [-0.15, -0.1) is 0 Å². The van der Waals surface area contributed by atoms with Gasteiger partial charge < -0.3 is 10.6 Å². The number of hydrogen-bond donors (Lipinski definition) is 2. The number of likely N-dealkylation sites (N-methyl/N-ethyl adjacent to an activating group) is 1. The van der Waals surface area contributed by atoms with Gasteiger partial charge in [-0.2, -0.15) is 5.10 Å². The van der Waals surface area contributed by atoms with Crippen LogP contribution in [0.3, 0.4) is 0 Å². The van der Waals surface area contributed by atoms with Gasteiger partial charge in [0.25, 0.3) is 0 Å². The number of unbranched alkanes of at least 4 members (excludes halogenated alkanes) is 1. The molecule has 8 nitrogen and oxygen atoms in total. The van der Waals surface area contributed by atoms with Crippen molar-refractivity contribution in [2.45, 2.75) is 52.2 Å². The van der Waals surface area contributed by atoms with Crippen LogP contribution in [0, 0.1) is 0 Å². The summed E-state index contributed by atoms with van der Waals surface area (Å²) in [4.78, 5) is 37.1. The zero-order valence-electron chi connectivity index (χ0n) is 16.1. The van der Waals surface area contributed by atoms with Crippen LogP contribution in [0.15, 0.2) is 35.1 Å². The largest absolute Gasteiger partial charge is 0.357 e. The number of nitrogens with zero attached hydrogens (tertiary/aromatic N) is 3. The van der Waals surface area contributed by atoms with E-state index < -0.39 is 11.9 Å². The third kappa shape index (κ3) is 5.06. The minimum atomic E-state index is -0.827. The van der Waals surface area contributed by atoms with Gasteiger partial charge >= 0.3 is 5.69 Å². The van der Waals surface area contributed by atoms with Crippen LogP contribution in [0.1, 0.15) is 44.1 Å². The Kier molecular flexibility index (Phi) is 7.34. The first-order chi connectivity index (χ1) is 13.0. The Hall–Kier alpha value is -2.90. The van der Waals surface area contributed by atoms with Crippen LogP contribution in [-0.2, 0) is 29.1 Å². The molecule has 0 saturated heterocycles. The van der Waals surface area contributed by atoms with E-state index in [1.807, 2.05) is 13.0 Å². The van der Waals surface area contributed by atoms with Crippen molar-refractivity contribution in [1.82, 2.24) is 25.0 Å². The summed E-state index contributed by atoms with van der Waals surface area (Å²) in [6.07, 6.45) is 2.62. The molecule has 0 unspecified atom stereocenters. The highest BCUT2D eigenvalue weighted by Crippen LogP contribution is 2.12. The number of amides is 2. The van der Waals surface area contributed by atoms with Gasteiger partial charge in [0.05, 0.1) is 0 Å². The number of hydrogen-bond acceptors (Lipinski definition) is 4. The molecule has 1 atom stereocenters. The molecule has 146 valence electrons. The van der Waals surface area contributed by atoms with Crippen molar-refractivity contribution in [3.05, 3.63) is 52.2 Å². The Labute approximate surface area is 158 Å². The average Bonchev–Trinajstić information content (AvgIpc) is 2.98. The molecule has 0 spiro atoms. The minimum absolute atomic E-state index is 0.231. The van der Waals surface area contributed by atoms with E-state index in [0.29, 0.717) is 24.4 Å². The molecule has 0 aliphatic rings. The molecule has 27 heavy (non-hydrogen) atoms. The van der Waals surface area contributed by atoms with Gasteiger partial charge in [-0.05, 0) is 18.9 Å². The molecular weight excluding hydrogens is 346 g/mol. The number of benzene rings is 1. The van der Waals surface area contributed by atoms with Gasteiger partial charge in [0.15, 0.2) is 0 Å². The van der Waals surface area contributed by atoms with Crippen LogP contribution in [0.25, 0.3) is 0 Å². The lowest BCUT2D eigenvalue weighted by Gasteiger charge is -2.17. The molecule has 2 amide bonds. The van der Waals surface area contributed by atoms with E-state index >= 15 is 0 Å². The van der Waals surface area contributed by atoms with Crippen molar-refractivity contribution < 1.29 is 9.59 Å². The first-order valence-corrected chi connectivity index (χ1v) is 9.24. The zero-order chi connectivity index (χ0) is 19.8. The van der Waals surface area contributed by atoms with Gasteiger partial charge in [0, 0.05) is 20.0 Å². The molecule has 2 N–H and O–H groups in total. The fourth-order valence-corrected chi connectivity index (χ4v) is 2.86. The molecule has 8 heteroatoms. The highest BCUT2D eigenvalue weighted by atomic mass is 16.2. The fourth-order valence-electron chi connectivity index (χ4n) is 2.86. The van der Waals surface area contributed by atoms with E-state index in [2.05, 4.69) is 22.7 Å². The first kappa shape index (κ1) is 20.4. The van der Waals surface area contributed by atoms with Crippen molar-refractivity contribution in [2.24, 2.45) is 0 Å². The van der Waals surface area contributed by atoms with Crippen molar-refractivity contribution in [1.29, 1.82) is 0 Å². The number of aryl methyl sites for hydroxylation is 1. The van der Waals surface area contributed by atoms with Crippen molar-refractivity contribution in [3.63, 3.8) is 0 Å². The Morgan fingerprint density at radius 3 is 2.48 bits per heavy atom. The van der Waals surface area contributed by atoms with E-state index in [1.165, 1.54) is 7.05 Å². The SMILES string of the molecule is CCCCc1nn(CC(=O)N[C@@H](C(=O)NC)c2ccccc2)c(=O)n1CC. The maximum atomic E-state index is 12.5. The van der Waals surface area contributed by atoms with Gasteiger partial charge in [-0.3, -0.25) is 14.2 Å². The quantitative estimate of drug-likeness (QED) is 0.685.